The van der Waals surface area contributed by atoms with Crippen molar-refractivity contribution in [3.8, 4) is 0 Å². The van der Waals surface area contributed by atoms with Crippen LogP contribution in [0.3, 0.4) is 0 Å². The first-order valence-electron chi connectivity index (χ1n) is 12.0. The number of esters is 3. The predicted molar refractivity (Wildman–Crippen MR) is 139 cm³/mol. The number of benzene rings is 3. The van der Waals surface area contributed by atoms with Crippen molar-refractivity contribution in [2.45, 2.75) is 13.3 Å². The Morgan fingerprint density at radius 3 is 1.00 bits per heavy atom. The van der Waals surface area contributed by atoms with E-state index in [1.54, 1.807) is 6.92 Å². The third-order valence-corrected chi connectivity index (χ3v) is 6.13. The highest BCUT2D eigenvalue weighted by atomic mass is 16.6. The van der Waals surface area contributed by atoms with Crippen molar-refractivity contribution < 1.29 is 43.0 Å². The molecule has 0 saturated heterocycles. The number of rotatable bonds is 13. The SMILES string of the molecule is CCC(COC(=O)c1ccc(C=O)cc1)(COC(=O)c1ccc(C=O)cc1)COC(=O)c1ccc(C=O)cc1. The van der Waals surface area contributed by atoms with Gasteiger partial charge in [0.25, 0.3) is 0 Å². The van der Waals surface area contributed by atoms with Crippen LogP contribution >= 0.6 is 0 Å². The van der Waals surface area contributed by atoms with Crippen LogP contribution in [0.4, 0.5) is 0 Å². The zero-order chi connectivity index (χ0) is 28.3. The summed E-state index contributed by atoms with van der Waals surface area (Å²) in [7, 11) is 0. The van der Waals surface area contributed by atoms with Gasteiger partial charge in [0.1, 0.15) is 38.7 Å². The monoisotopic (exact) mass is 530 g/mol. The molecule has 0 saturated carbocycles. The molecule has 0 bridgehead atoms. The number of aldehydes is 3. The first-order valence-corrected chi connectivity index (χ1v) is 12.0. The van der Waals surface area contributed by atoms with E-state index in [2.05, 4.69) is 0 Å². The fraction of sp³-hybridized carbons (Fsp3) is 0.200. The number of hydrogen-bond acceptors (Lipinski definition) is 9. The van der Waals surface area contributed by atoms with Crippen LogP contribution < -0.4 is 0 Å². The normalized spacial score (nSPS) is 10.7. The lowest BCUT2D eigenvalue weighted by atomic mass is 9.88. The van der Waals surface area contributed by atoms with Crippen LogP contribution in [0.1, 0.15) is 75.5 Å². The summed E-state index contributed by atoms with van der Waals surface area (Å²) in [5, 5.41) is 0. The first-order chi connectivity index (χ1) is 18.8. The van der Waals surface area contributed by atoms with Crippen LogP contribution in [0.15, 0.2) is 72.8 Å². The molecule has 0 amide bonds. The molecular weight excluding hydrogens is 504 g/mol. The highest BCUT2D eigenvalue weighted by molar-refractivity contribution is 5.92. The first kappa shape index (κ1) is 28.6. The fourth-order valence-electron chi connectivity index (χ4n) is 3.43. The molecule has 3 aromatic carbocycles. The summed E-state index contributed by atoms with van der Waals surface area (Å²) in [6, 6.07) is 17.6. The second-order valence-electron chi connectivity index (χ2n) is 8.80. The molecule has 0 atom stereocenters. The van der Waals surface area contributed by atoms with Crippen LogP contribution in [0.25, 0.3) is 0 Å². The van der Waals surface area contributed by atoms with Crippen LogP contribution in [0, 0.1) is 5.41 Å². The maximum Gasteiger partial charge on any atom is 0.338 e. The number of hydrogen-bond donors (Lipinski definition) is 0. The molecule has 0 fully saturated rings. The standard InChI is InChI=1S/C30H26O9/c1-2-30(18-37-27(34)24-9-3-21(15-31)4-10-24,19-38-28(35)25-11-5-22(16-32)6-12-25)20-39-29(36)26-13-7-23(17-33)8-14-26/h3-17H,2,18-20H2,1H3. The van der Waals surface area contributed by atoms with Crippen LogP contribution in [0.2, 0.25) is 0 Å². The van der Waals surface area contributed by atoms with Crippen molar-refractivity contribution >= 4 is 36.8 Å². The average molecular weight is 531 g/mol. The van der Waals surface area contributed by atoms with E-state index in [4.69, 9.17) is 14.2 Å². The van der Waals surface area contributed by atoms with Gasteiger partial charge in [0.15, 0.2) is 0 Å². The zero-order valence-electron chi connectivity index (χ0n) is 21.2. The van der Waals surface area contributed by atoms with Gasteiger partial charge in [-0.2, -0.15) is 0 Å². The van der Waals surface area contributed by atoms with Crippen molar-refractivity contribution in [3.63, 3.8) is 0 Å². The van der Waals surface area contributed by atoms with Crippen molar-refractivity contribution in [1.29, 1.82) is 0 Å². The van der Waals surface area contributed by atoms with Gasteiger partial charge in [-0.3, -0.25) is 14.4 Å². The summed E-state index contributed by atoms with van der Waals surface area (Å²) in [5.74, 6) is -2.01. The van der Waals surface area contributed by atoms with Gasteiger partial charge in [0.2, 0.25) is 0 Å². The lowest BCUT2D eigenvalue weighted by molar-refractivity contribution is -0.0381. The Labute approximate surface area is 224 Å². The molecule has 0 aliphatic heterocycles. The fourth-order valence-corrected chi connectivity index (χ4v) is 3.43. The third-order valence-electron chi connectivity index (χ3n) is 6.13. The van der Waals surface area contributed by atoms with Gasteiger partial charge in [-0.1, -0.05) is 43.3 Å². The molecule has 0 unspecified atom stereocenters. The molecule has 9 nitrogen and oxygen atoms in total. The van der Waals surface area contributed by atoms with E-state index in [0.29, 0.717) is 42.0 Å². The highest BCUT2D eigenvalue weighted by Gasteiger charge is 2.35. The van der Waals surface area contributed by atoms with Gasteiger partial charge in [-0.15, -0.1) is 0 Å². The summed E-state index contributed by atoms with van der Waals surface area (Å²) in [6.45, 7) is 1.04. The van der Waals surface area contributed by atoms with Crippen molar-refractivity contribution in [3.05, 3.63) is 106 Å². The topological polar surface area (TPSA) is 130 Å². The summed E-state index contributed by atoms with van der Waals surface area (Å²) < 4.78 is 16.5. The number of carbonyl (C=O) groups excluding carboxylic acids is 6. The third kappa shape index (κ3) is 7.78. The quantitative estimate of drug-likeness (QED) is 0.179. The molecule has 200 valence electrons. The molecule has 0 heterocycles. The summed E-state index contributed by atoms with van der Waals surface area (Å²) >= 11 is 0. The van der Waals surface area contributed by atoms with E-state index in [1.165, 1.54) is 72.8 Å². The minimum absolute atomic E-state index is 0.213. The predicted octanol–water partition coefficient (Wildman–Crippen LogP) is 4.39. The van der Waals surface area contributed by atoms with Gasteiger partial charge in [0.05, 0.1) is 22.1 Å². The molecule has 0 aliphatic rings. The molecule has 0 aliphatic carbocycles. The average Bonchev–Trinajstić information content (AvgIpc) is 3.00. The van der Waals surface area contributed by atoms with Gasteiger partial charge in [0, 0.05) is 16.7 Å². The number of carbonyl (C=O) groups is 6. The number of ether oxygens (including phenoxy) is 3. The van der Waals surface area contributed by atoms with E-state index in [-0.39, 0.29) is 36.5 Å². The Morgan fingerprint density at radius 1 is 0.538 bits per heavy atom. The molecule has 3 rings (SSSR count). The molecule has 39 heavy (non-hydrogen) atoms. The molecule has 3 aromatic rings. The Morgan fingerprint density at radius 2 is 0.795 bits per heavy atom. The van der Waals surface area contributed by atoms with Gasteiger partial charge >= 0.3 is 17.9 Å². The summed E-state index contributed by atoms with van der Waals surface area (Å²) in [5.41, 5.74) is 0.747. The van der Waals surface area contributed by atoms with Crippen molar-refractivity contribution in [2.24, 2.45) is 5.41 Å². The van der Waals surface area contributed by atoms with Crippen LogP contribution in [0.5, 0.6) is 0 Å². The Kier molecular flexibility index (Phi) is 9.97. The molecule has 0 spiro atoms. The van der Waals surface area contributed by atoms with E-state index in [9.17, 15) is 28.8 Å². The van der Waals surface area contributed by atoms with E-state index in [1.807, 2.05) is 0 Å². The van der Waals surface area contributed by atoms with Gasteiger partial charge in [-0.05, 0) is 42.8 Å². The maximum absolute atomic E-state index is 12.7. The van der Waals surface area contributed by atoms with E-state index >= 15 is 0 Å². The lowest BCUT2D eigenvalue weighted by Gasteiger charge is -2.31. The van der Waals surface area contributed by atoms with Crippen molar-refractivity contribution in [2.75, 3.05) is 19.8 Å². The minimum atomic E-state index is -1.09. The molecular formula is C30H26O9. The summed E-state index contributed by atoms with van der Waals surface area (Å²) in [4.78, 5) is 70.6. The van der Waals surface area contributed by atoms with E-state index < -0.39 is 23.3 Å². The second-order valence-corrected chi connectivity index (χ2v) is 8.80. The van der Waals surface area contributed by atoms with Gasteiger partial charge < -0.3 is 14.2 Å². The van der Waals surface area contributed by atoms with Crippen LogP contribution in [-0.4, -0.2) is 56.6 Å². The molecule has 0 aromatic heterocycles. The Bertz CT molecular complexity index is 1160. The largest absolute Gasteiger partial charge is 0.461 e. The van der Waals surface area contributed by atoms with Gasteiger partial charge in [-0.25, -0.2) is 14.4 Å². The lowest BCUT2D eigenvalue weighted by Crippen LogP contribution is -2.39. The van der Waals surface area contributed by atoms with Crippen molar-refractivity contribution in [1.82, 2.24) is 0 Å². The molecule has 0 radical (unpaired) electrons. The molecule has 0 N–H and O–H groups in total. The maximum atomic E-state index is 12.7. The smallest absolute Gasteiger partial charge is 0.338 e. The highest BCUT2D eigenvalue weighted by Crippen LogP contribution is 2.26. The molecule has 9 heteroatoms. The second kappa shape index (κ2) is 13.6. The zero-order valence-corrected chi connectivity index (χ0v) is 21.2. The minimum Gasteiger partial charge on any atom is -0.461 e. The Balaban J connectivity index is 1.75. The van der Waals surface area contributed by atoms with Crippen LogP contribution in [-0.2, 0) is 14.2 Å². The Hall–Kier alpha value is -4.92. The van der Waals surface area contributed by atoms with E-state index in [0.717, 1.165) is 0 Å². The summed E-state index contributed by atoms with van der Waals surface area (Å²) in [6.07, 6.45) is 2.26.